The Morgan fingerprint density at radius 3 is 2.88 bits per heavy atom. The molecule has 0 saturated carbocycles. The second-order valence-corrected chi connectivity index (χ2v) is 7.22. The molecule has 1 aromatic rings. The van der Waals surface area contributed by atoms with Crippen molar-refractivity contribution >= 4 is 40.8 Å². The second-order valence-electron chi connectivity index (χ2n) is 6.40. The summed E-state index contributed by atoms with van der Waals surface area (Å²) in [5, 5.41) is 3.01. The number of likely N-dealkylation sites (tertiary alicyclic amines) is 1. The lowest BCUT2D eigenvalue weighted by Crippen LogP contribution is -2.48. The van der Waals surface area contributed by atoms with Gasteiger partial charge in [-0.05, 0) is 61.5 Å². The third kappa shape index (κ3) is 5.64. The first-order chi connectivity index (χ1) is 11.8. The Morgan fingerprint density at radius 2 is 2.28 bits per heavy atom. The first-order valence-electron chi connectivity index (χ1n) is 8.11. The van der Waals surface area contributed by atoms with Crippen LogP contribution in [0.3, 0.4) is 0 Å². The maximum absolute atomic E-state index is 14.0. The molecule has 0 bridgehead atoms. The van der Waals surface area contributed by atoms with E-state index in [0.29, 0.717) is 41.8 Å². The van der Waals surface area contributed by atoms with Crippen molar-refractivity contribution in [3.63, 3.8) is 0 Å². The van der Waals surface area contributed by atoms with Crippen molar-refractivity contribution in [3.8, 4) is 0 Å². The van der Waals surface area contributed by atoms with Crippen molar-refractivity contribution in [2.24, 2.45) is 22.6 Å². The number of carbonyl (C=O) groups excluding carboxylic acids is 1. The van der Waals surface area contributed by atoms with E-state index in [1.165, 1.54) is 6.07 Å². The average molecular weight is 385 g/mol. The first-order valence-corrected chi connectivity index (χ1v) is 8.89. The highest BCUT2D eigenvalue weighted by Crippen LogP contribution is 2.28. The van der Waals surface area contributed by atoms with Gasteiger partial charge in [-0.3, -0.25) is 5.32 Å². The van der Waals surface area contributed by atoms with Crippen molar-refractivity contribution in [2.45, 2.75) is 26.7 Å². The minimum atomic E-state index is -0.280. The number of aliphatic imine (C=N–C) groups is 1. The Kier molecular flexibility index (Phi) is 6.72. The van der Waals surface area contributed by atoms with Crippen LogP contribution >= 0.6 is 23.8 Å². The van der Waals surface area contributed by atoms with E-state index in [0.717, 1.165) is 6.42 Å². The minimum absolute atomic E-state index is 0.0583. The van der Waals surface area contributed by atoms with Gasteiger partial charge in [-0.25, -0.2) is 14.2 Å². The van der Waals surface area contributed by atoms with Crippen LogP contribution in [0.5, 0.6) is 0 Å². The summed E-state index contributed by atoms with van der Waals surface area (Å²) in [5.41, 5.74) is 6.10. The van der Waals surface area contributed by atoms with Crippen molar-refractivity contribution in [3.05, 3.63) is 34.6 Å². The highest BCUT2D eigenvalue weighted by Gasteiger charge is 2.29. The second kappa shape index (κ2) is 8.58. The summed E-state index contributed by atoms with van der Waals surface area (Å²) in [6.45, 7) is 4.84. The number of thiocarbonyl (C=S) groups is 1. The summed E-state index contributed by atoms with van der Waals surface area (Å²) < 4.78 is 14.0. The lowest BCUT2D eigenvalue weighted by Gasteiger charge is -2.37. The van der Waals surface area contributed by atoms with E-state index in [1.807, 2.05) is 0 Å². The minimum Gasteiger partial charge on any atom is -0.387 e. The molecule has 5 nitrogen and oxygen atoms in total. The van der Waals surface area contributed by atoms with Gasteiger partial charge in [0.15, 0.2) is 0 Å². The number of halogens is 2. The smallest absolute Gasteiger partial charge is 0.323 e. The molecule has 0 spiro atoms. The molecule has 136 valence electrons. The molecule has 0 aliphatic carbocycles. The summed E-state index contributed by atoms with van der Waals surface area (Å²) in [5.74, 6) is 0.557. The molecular formula is C17H22ClFN4OS. The predicted molar refractivity (Wildman–Crippen MR) is 102 cm³/mol. The Morgan fingerprint density at radius 1 is 1.56 bits per heavy atom. The van der Waals surface area contributed by atoms with Gasteiger partial charge in [-0.1, -0.05) is 24.6 Å². The van der Waals surface area contributed by atoms with Gasteiger partial charge in [0.25, 0.3) is 0 Å². The Labute approximate surface area is 157 Å². The molecule has 0 aromatic heterocycles. The number of amides is 2. The van der Waals surface area contributed by atoms with Crippen LogP contribution in [0.1, 0.15) is 25.8 Å². The predicted octanol–water partition coefficient (Wildman–Crippen LogP) is 3.35. The van der Waals surface area contributed by atoms with E-state index in [4.69, 9.17) is 29.6 Å². The van der Waals surface area contributed by atoms with Crippen LogP contribution in [0, 0.1) is 17.7 Å². The van der Waals surface area contributed by atoms with Crippen LogP contribution in [0.4, 0.5) is 9.18 Å². The molecule has 1 aliphatic heterocycles. The third-order valence-corrected chi connectivity index (χ3v) is 4.79. The zero-order valence-corrected chi connectivity index (χ0v) is 15.8. The fourth-order valence-corrected chi connectivity index (χ4v) is 3.40. The maximum Gasteiger partial charge on any atom is 0.323 e. The fourth-order valence-electron chi connectivity index (χ4n) is 3.01. The van der Waals surface area contributed by atoms with Crippen molar-refractivity contribution < 1.29 is 9.18 Å². The number of nitrogens with two attached hydrogens (primary N) is 1. The summed E-state index contributed by atoms with van der Waals surface area (Å²) >= 11 is 10.8. The van der Waals surface area contributed by atoms with Gasteiger partial charge < -0.3 is 10.6 Å². The van der Waals surface area contributed by atoms with Crippen LogP contribution in [0.2, 0.25) is 5.02 Å². The molecule has 2 amide bonds. The monoisotopic (exact) mass is 384 g/mol. The summed E-state index contributed by atoms with van der Waals surface area (Å²) in [4.78, 5) is 17.8. The lowest BCUT2D eigenvalue weighted by atomic mass is 9.82. The van der Waals surface area contributed by atoms with Gasteiger partial charge >= 0.3 is 6.03 Å². The molecule has 1 fully saturated rings. The molecule has 1 aromatic carbocycles. The van der Waals surface area contributed by atoms with Crippen molar-refractivity contribution in [2.75, 3.05) is 13.1 Å². The molecule has 0 radical (unpaired) electrons. The zero-order chi connectivity index (χ0) is 18.6. The van der Waals surface area contributed by atoms with Crippen molar-refractivity contribution in [1.29, 1.82) is 0 Å². The Balaban J connectivity index is 1.92. The standard InChI is InChI=1S/C17H22ClFN4OS/c1-10-9-23(17(24)22-16(25)21-11(2)20)6-5-12(10)7-13-3-4-14(18)8-15(13)19/h3-4,8,10,12H,5-7,9H2,1-2H3,(H3,20,21,22,24,25). The normalized spacial score (nSPS) is 21.1. The summed E-state index contributed by atoms with van der Waals surface area (Å²) in [7, 11) is 0. The number of urea groups is 1. The quantitative estimate of drug-likeness (QED) is 0.466. The van der Waals surface area contributed by atoms with Gasteiger partial charge in [0, 0.05) is 18.1 Å². The number of hydrogen-bond donors (Lipinski definition) is 2. The number of hydrogen-bond acceptors (Lipinski definition) is 2. The van der Waals surface area contributed by atoms with Gasteiger partial charge in [-0.2, -0.15) is 0 Å². The van der Waals surface area contributed by atoms with E-state index >= 15 is 0 Å². The topological polar surface area (TPSA) is 70.7 Å². The molecule has 1 saturated heterocycles. The van der Waals surface area contributed by atoms with E-state index in [2.05, 4.69) is 17.2 Å². The highest BCUT2D eigenvalue weighted by molar-refractivity contribution is 7.80. The van der Waals surface area contributed by atoms with Gasteiger partial charge in [0.1, 0.15) is 5.82 Å². The number of rotatable bonds is 2. The zero-order valence-electron chi connectivity index (χ0n) is 14.3. The number of piperidine rings is 1. The molecule has 1 heterocycles. The highest BCUT2D eigenvalue weighted by atomic mass is 35.5. The number of amidine groups is 1. The largest absolute Gasteiger partial charge is 0.387 e. The molecule has 3 N–H and O–H groups in total. The van der Waals surface area contributed by atoms with E-state index in [9.17, 15) is 9.18 Å². The maximum atomic E-state index is 14.0. The number of carbonyl (C=O) groups is 1. The van der Waals surface area contributed by atoms with Crippen LogP contribution in [-0.4, -0.2) is 35.0 Å². The molecule has 2 rings (SSSR count). The molecule has 2 atom stereocenters. The van der Waals surface area contributed by atoms with Crippen molar-refractivity contribution in [1.82, 2.24) is 10.2 Å². The average Bonchev–Trinajstić information content (AvgIpc) is 2.50. The third-order valence-electron chi connectivity index (χ3n) is 4.36. The number of benzene rings is 1. The SMILES string of the molecule is C/C(N)=N/C(=S)NC(=O)N1CCC(Cc2ccc(Cl)cc2F)C(C)C1. The van der Waals surface area contributed by atoms with E-state index < -0.39 is 0 Å². The fraction of sp³-hybridized carbons (Fsp3) is 0.471. The molecule has 25 heavy (non-hydrogen) atoms. The molecule has 8 heteroatoms. The van der Waals surface area contributed by atoms with Gasteiger partial charge in [0.05, 0.1) is 5.84 Å². The molecule has 2 unspecified atom stereocenters. The van der Waals surface area contributed by atoms with Crippen LogP contribution < -0.4 is 11.1 Å². The Hall–Kier alpha value is -1.73. The number of nitrogens with one attached hydrogen (secondary N) is 1. The van der Waals surface area contributed by atoms with E-state index in [1.54, 1.807) is 24.0 Å². The van der Waals surface area contributed by atoms with Crippen LogP contribution in [0.25, 0.3) is 0 Å². The first kappa shape index (κ1) is 19.6. The van der Waals surface area contributed by atoms with Gasteiger partial charge in [0.2, 0.25) is 5.11 Å². The van der Waals surface area contributed by atoms with Crippen LogP contribution in [-0.2, 0) is 6.42 Å². The van der Waals surface area contributed by atoms with Gasteiger partial charge in [-0.15, -0.1) is 0 Å². The lowest BCUT2D eigenvalue weighted by molar-refractivity contribution is 0.140. The molecular weight excluding hydrogens is 363 g/mol. The molecule has 1 aliphatic rings. The summed E-state index contributed by atoms with van der Waals surface area (Å²) in [6.07, 6.45) is 1.43. The van der Waals surface area contributed by atoms with E-state index in [-0.39, 0.29) is 22.9 Å². The Bertz CT molecular complexity index is 693. The number of nitrogens with zero attached hydrogens (tertiary/aromatic N) is 2. The van der Waals surface area contributed by atoms with Crippen LogP contribution in [0.15, 0.2) is 23.2 Å². The summed E-state index contributed by atoms with van der Waals surface area (Å²) in [6, 6.07) is 4.49.